The Morgan fingerprint density at radius 2 is 1.93 bits per heavy atom. The van der Waals surface area contributed by atoms with Crippen molar-refractivity contribution in [3.63, 3.8) is 0 Å². The molecule has 4 N–H and O–H groups in total. The van der Waals surface area contributed by atoms with Crippen molar-refractivity contribution in [2.75, 3.05) is 0 Å². The first-order valence-electron chi connectivity index (χ1n) is 9.73. The molecular weight excluding hydrogens is 412 g/mol. The van der Waals surface area contributed by atoms with Crippen LogP contribution in [0.5, 0.6) is 0 Å². The molecule has 0 aliphatic carbocycles. The first-order valence-corrected chi connectivity index (χ1v) is 10.1. The summed E-state index contributed by atoms with van der Waals surface area (Å²) in [7, 11) is 0. The van der Waals surface area contributed by atoms with Gasteiger partial charge in [-0.3, -0.25) is 4.79 Å². The van der Waals surface area contributed by atoms with E-state index in [4.69, 9.17) is 11.6 Å². The van der Waals surface area contributed by atoms with Crippen molar-refractivity contribution in [1.29, 1.82) is 0 Å². The summed E-state index contributed by atoms with van der Waals surface area (Å²) in [6, 6.07) is 10.6. The first kappa shape index (κ1) is 22.1. The molecule has 0 bridgehead atoms. The first-order chi connectivity index (χ1) is 14.4. The Morgan fingerprint density at radius 3 is 2.60 bits per heavy atom. The van der Waals surface area contributed by atoms with E-state index in [2.05, 4.69) is 26.5 Å². The predicted molar refractivity (Wildman–Crippen MR) is 113 cm³/mol. The molecule has 2 aromatic rings. The van der Waals surface area contributed by atoms with E-state index < -0.39 is 17.5 Å². The summed E-state index contributed by atoms with van der Waals surface area (Å²) in [5.74, 6) is -2.52. The number of rotatable bonds is 5. The summed E-state index contributed by atoms with van der Waals surface area (Å²) < 4.78 is 26.6. The van der Waals surface area contributed by atoms with Gasteiger partial charge in [-0.05, 0) is 49.2 Å². The summed E-state index contributed by atoms with van der Waals surface area (Å²) in [4.78, 5) is 16.5. The third kappa shape index (κ3) is 5.75. The number of amides is 1. The molecule has 6 nitrogen and oxygen atoms in total. The molecule has 1 aliphatic heterocycles. The maximum absolute atomic E-state index is 13.5. The number of aliphatic imine (C=N–C) groups is 1. The summed E-state index contributed by atoms with van der Waals surface area (Å²) in [5.41, 5.74) is 7.37. The van der Waals surface area contributed by atoms with Crippen LogP contribution in [0.1, 0.15) is 48.7 Å². The predicted octanol–water partition coefficient (Wildman–Crippen LogP) is 3.66. The number of hydrogen-bond acceptors (Lipinski definition) is 3. The zero-order chi connectivity index (χ0) is 21.7. The van der Waals surface area contributed by atoms with Gasteiger partial charge in [-0.2, -0.15) is 4.99 Å². The number of guanidine groups is 1. The standard InChI is InChI=1S/C21H24ClF2N5O/c1-3-12(2)25-21(27-20(30)14-6-9-16(23)17(24)10-14)26-19-11-18(28-29-19)13-4-7-15(22)8-5-13/h4-10,12,18-19,28-29H,3,11H2,1-2H3,(H2,25,26,27,30). The summed E-state index contributed by atoms with van der Waals surface area (Å²) >= 11 is 5.95. The summed E-state index contributed by atoms with van der Waals surface area (Å²) in [5, 5.41) is 6.99. The molecule has 30 heavy (non-hydrogen) atoms. The average Bonchev–Trinajstić information content (AvgIpc) is 3.18. The van der Waals surface area contributed by atoms with E-state index in [0.717, 1.165) is 24.1 Å². The van der Waals surface area contributed by atoms with Crippen molar-refractivity contribution in [3.05, 3.63) is 70.2 Å². The molecule has 160 valence electrons. The van der Waals surface area contributed by atoms with Crippen LogP contribution >= 0.6 is 11.6 Å². The van der Waals surface area contributed by atoms with E-state index in [-0.39, 0.29) is 29.8 Å². The van der Waals surface area contributed by atoms with Crippen molar-refractivity contribution >= 4 is 23.5 Å². The van der Waals surface area contributed by atoms with Crippen LogP contribution in [0.4, 0.5) is 8.78 Å². The third-order valence-electron chi connectivity index (χ3n) is 4.86. The molecule has 9 heteroatoms. The molecule has 3 atom stereocenters. The zero-order valence-electron chi connectivity index (χ0n) is 16.7. The van der Waals surface area contributed by atoms with Gasteiger partial charge in [0.15, 0.2) is 11.6 Å². The topological polar surface area (TPSA) is 77.5 Å². The van der Waals surface area contributed by atoms with Crippen molar-refractivity contribution in [2.45, 2.75) is 44.9 Å². The minimum atomic E-state index is -1.09. The van der Waals surface area contributed by atoms with Crippen LogP contribution in [0.25, 0.3) is 0 Å². The van der Waals surface area contributed by atoms with Gasteiger partial charge in [-0.15, -0.1) is 0 Å². The lowest BCUT2D eigenvalue weighted by Crippen LogP contribution is -2.51. The highest BCUT2D eigenvalue weighted by Gasteiger charge is 2.26. The van der Waals surface area contributed by atoms with Crippen molar-refractivity contribution in [2.24, 2.45) is 4.99 Å². The molecule has 1 aliphatic rings. The zero-order valence-corrected chi connectivity index (χ0v) is 17.4. The van der Waals surface area contributed by atoms with Crippen molar-refractivity contribution in [1.82, 2.24) is 21.5 Å². The highest BCUT2D eigenvalue weighted by molar-refractivity contribution is 6.30. The number of halogens is 3. The number of hydrazine groups is 1. The van der Waals surface area contributed by atoms with Crippen LogP contribution in [-0.2, 0) is 0 Å². The average molecular weight is 436 g/mol. The SMILES string of the molecule is CCC(C)N/C(=N/C(=O)c1ccc(F)c(F)c1)NC1CC(c2ccc(Cl)cc2)NN1. The quantitative estimate of drug-likeness (QED) is 0.426. The van der Waals surface area contributed by atoms with Crippen LogP contribution in [-0.4, -0.2) is 24.1 Å². The molecule has 0 aromatic heterocycles. The van der Waals surface area contributed by atoms with Gasteiger partial charge in [0.1, 0.15) is 0 Å². The highest BCUT2D eigenvalue weighted by atomic mass is 35.5. The van der Waals surface area contributed by atoms with Crippen LogP contribution in [0.2, 0.25) is 5.02 Å². The van der Waals surface area contributed by atoms with Crippen LogP contribution in [0.3, 0.4) is 0 Å². The molecule has 0 radical (unpaired) electrons. The number of hydrogen-bond donors (Lipinski definition) is 4. The van der Waals surface area contributed by atoms with E-state index in [9.17, 15) is 13.6 Å². The van der Waals surface area contributed by atoms with Crippen LogP contribution in [0, 0.1) is 11.6 Å². The fourth-order valence-corrected chi connectivity index (χ4v) is 3.09. The summed E-state index contributed by atoms with van der Waals surface area (Å²) in [6.45, 7) is 3.95. The molecule has 3 rings (SSSR count). The van der Waals surface area contributed by atoms with Gasteiger partial charge < -0.3 is 10.6 Å². The number of carbonyl (C=O) groups is 1. The lowest BCUT2D eigenvalue weighted by atomic mass is 10.0. The Bertz CT molecular complexity index is 922. The van der Waals surface area contributed by atoms with Gasteiger partial charge in [0.25, 0.3) is 5.91 Å². The Morgan fingerprint density at radius 1 is 1.20 bits per heavy atom. The molecular formula is C21H24ClF2N5O. The summed E-state index contributed by atoms with van der Waals surface area (Å²) in [6.07, 6.45) is 1.28. The maximum Gasteiger partial charge on any atom is 0.280 e. The van der Waals surface area contributed by atoms with Gasteiger partial charge in [0, 0.05) is 29.1 Å². The van der Waals surface area contributed by atoms with E-state index >= 15 is 0 Å². The monoisotopic (exact) mass is 435 g/mol. The van der Waals surface area contributed by atoms with Gasteiger partial charge in [0.2, 0.25) is 5.96 Å². The molecule has 2 aromatic carbocycles. The smallest absolute Gasteiger partial charge is 0.280 e. The lowest BCUT2D eigenvalue weighted by Gasteiger charge is -2.20. The molecule has 1 fully saturated rings. The van der Waals surface area contributed by atoms with Gasteiger partial charge in [0.05, 0.1) is 6.17 Å². The van der Waals surface area contributed by atoms with E-state index in [1.54, 1.807) is 0 Å². The molecule has 1 saturated heterocycles. The highest BCUT2D eigenvalue weighted by Crippen LogP contribution is 2.22. The third-order valence-corrected chi connectivity index (χ3v) is 5.11. The lowest BCUT2D eigenvalue weighted by molar-refractivity contribution is 0.100. The molecule has 0 spiro atoms. The van der Waals surface area contributed by atoms with Crippen molar-refractivity contribution in [3.8, 4) is 0 Å². The number of nitrogens with zero attached hydrogens (tertiary/aromatic N) is 1. The second-order valence-corrected chi connectivity index (χ2v) is 7.61. The normalized spacial score (nSPS) is 20.1. The minimum Gasteiger partial charge on any atom is -0.354 e. The second kappa shape index (κ2) is 9.97. The Kier molecular flexibility index (Phi) is 7.36. The van der Waals surface area contributed by atoms with Crippen LogP contribution in [0.15, 0.2) is 47.5 Å². The van der Waals surface area contributed by atoms with Gasteiger partial charge >= 0.3 is 0 Å². The Labute approximate surface area is 179 Å². The van der Waals surface area contributed by atoms with E-state index in [1.807, 2.05) is 38.1 Å². The number of benzene rings is 2. The van der Waals surface area contributed by atoms with Crippen molar-refractivity contribution < 1.29 is 13.6 Å². The molecule has 1 amide bonds. The van der Waals surface area contributed by atoms with Gasteiger partial charge in [-0.1, -0.05) is 30.7 Å². The van der Waals surface area contributed by atoms with Gasteiger partial charge in [-0.25, -0.2) is 19.6 Å². The number of carbonyl (C=O) groups excluding carboxylic acids is 1. The van der Waals surface area contributed by atoms with Crippen LogP contribution < -0.4 is 21.5 Å². The molecule has 3 unspecified atom stereocenters. The minimum absolute atomic E-state index is 0.0318. The van der Waals surface area contributed by atoms with E-state index in [1.165, 1.54) is 6.07 Å². The Balaban J connectivity index is 1.72. The largest absolute Gasteiger partial charge is 0.354 e. The molecule has 1 heterocycles. The fourth-order valence-electron chi connectivity index (χ4n) is 2.97. The maximum atomic E-state index is 13.5. The molecule has 0 saturated carbocycles. The Hall–Kier alpha value is -2.55. The van der Waals surface area contributed by atoms with E-state index in [0.29, 0.717) is 11.4 Å². The number of nitrogens with one attached hydrogen (secondary N) is 4. The second-order valence-electron chi connectivity index (χ2n) is 7.17. The fraction of sp³-hybridized carbons (Fsp3) is 0.333.